The van der Waals surface area contributed by atoms with Gasteiger partial charge in [0.2, 0.25) is 0 Å². The lowest BCUT2D eigenvalue weighted by Crippen LogP contribution is -2.42. The van der Waals surface area contributed by atoms with E-state index in [0.717, 1.165) is 55.0 Å². The lowest BCUT2D eigenvalue weighted by atomic mass is 10.0. The lowest BCUT2D eigenvalue weighted by molar-refractivity contribution is -0.384. The van der Waals surface area contributed by atoms with E-state index in [1.54, 1.807) is 12.1 Å². The number of piperidine rings is 1. The number of hydrogen-bond donors (Lipinski definition) is 2. The van der Waals surface area contributed by atoms with Gasteiger partial charge in [-0.15, -0.1) is 0 Å². The van der Waals surface area contributed by atoms with Crippen molar-refractivity contribution < 1.29 is 18.1 Å². The molecule has 180 valence electrons. The Bertz CT molecular complexity index is 1120. The summed E-state index contributed by atoms with van der Waals surface area (Å²) in [5.41, 5.74) is 2.85. The van der Waals surface area contributed by atoms with Gasteiger partial charge in [0.1, 0.15) is 5.82 Å². The summed E-state index contributed by atoms with van der Waals surface area (Å²) in [6.45, 7) is 5.07. The van der Waals surface area contributed by atoms with Crippen molar-refractivity contribution in [1.29, 1.82) is 0 Å². The standard InChI is InChI=1S/C24H26F3N5O2/c1-16-22(30-23(29-16)18-4-6-19(7-5-18)24(25,26)27)15-31-12-10-20(11-13-31)28-14-17-2-8-21(9-3-17)32(33)34/h2-9,20,28H,10-15H2,1H3,(H,29,30). The zero-order chi connectivity index (χ0) is 24.3. The van der Waals surface area contributed by atoms with E-state index in [9.17, 15) is 23.3 Å². The van der Waals surface area contributed by atoms with Gasteiger partial charge in [-0.1, -0.05) is 24.3 Å². The number of non-ortho nitro benzene ring substituents is 1. The van der Waals surface area contributed by atoms with E-state index < -0.39 is 16.7 Å². The van der Waals surface area contributed by atoms with Crippen LogP contribution in [0.3, 0.4) is 0 Å². The molecule has 1 saturated heterocycles. The van der Waals surface area contributed by atoms with Gasteiger partial charge >= 0.3 is 6.18 Å². The fraction of sp³-hybridized carbons (Fsp3) is 0.375. The molecule has 2 aromatic carbocycles. The number of nitrogens with one attached hydrogen (secondary N) is 2. The second-order valence-electron chi connectivity index (χ2n) is 8.59. The van der Waals surface area contributed by atoms with Crippen LogP contribution in [0.1, 0.15) is 35.4 Å². The Morgan fingerprint density at radius 3 is 2.35 bits per heavy atom. The fourth-order valence-corrected chi connectivity index (χ4v) is 4.11. The van der Waals surface area contributed by atoms with Gasteiger partial charge in [0.05, 0.1) is 16.2 Å². The number of halogens is 3. The topological polar surface area (TPSA) is 87.1 Å². The van der Waals surface area contributed by atoms with Crippen LogP contribution in [0.5, 0.6) is 0 Å². The summed E-state index contributed by atoms with van der Waals surface area (Å²) in [6.07, 6.45) is -2.41. The molecule has 1 fully saturated rings. The predicted molar refractivity (Wildman–Crippen MR) is 122 cm³/mol. The molecule has 1 aliphatic rings. The molecule has 2 heterocycles. The summed E-state index contributed by atoms with van der Waals surface area (Å²) < 4.78 is 38.4. The van der Waals surface area contributed by atoms with Crippen molar-refractivity contribution in [2.45, 2.75) is 45.1 Å². The van der Waals surface area contributed by atoms with Crippen molar-refractivity contribution in [3.8, 4) is 11.4 Å². The van der Waals surface area contributed by atoms with Crippen molar-refractivity contribution in [3.63, 3.8) is 0 Å². The van der Waals surface area contributed by atoms with E-state index in [-0.39, 0.29) is 5.69 Å². The monoisotopic (exact) mass is 473 g/mol. The number of imidazole rings is 1. The van der Waals surface area contributed by atoms with Crippen molar-refractivity contribution in [2.75, 3.05) is 13.1 Å². The van der Waals surface area contributed by atoms with Crippen LogP contribution in [-0.4, -0.2) is 38.9 Å². The van der Waals surface area contributed by atoms with Crippen LogP contribution in [-0.2, 0) is 19.3 Å². The highest BCUT2D eigenvalue weighted by molar-refractivity contribution is 5.56. The zero-order valence-electron chi connectivity index (χ0n) is 18.7. The van der Waals surface area contributed by atoms with Crippen LogP contribution >= 0.6 is 0 Å². The third-order valence-corrected chi connectivity index (χ3v) is 6.17. The number of H-pyrrole nitrogens is 1. The Balaban J connectivity index is 1.28. The summed E-state index contributed by atoms with van der Waals surface area (Å²) in [5, 5.41) is 14.3. The van der Waals surface area contributed by atoms with Gasteiger partial charge in [-0.25, -0.2) is 4.98 Å². The van der Waals surface area contributed by atoms with Gasteiger partial charge in [0.15, 0.2) is 0 Å². The number of aryl methyl sites for hydroxylation is 1. The number of aromatic nitrogens is 2. The van der Waals surface area contributed by atoms with E-state index >= 15 is 0 Å². The van der Waals surface area contributed by atoms with Gasteiger partial charge in [-0.2, -0.15) is 13.2 Å². The highest BCUT2D eigenvalue weighted by atomic mass is 19.4. The van der Waals surface area contributed by atoms with Gasteiger partial charge in [0, 0.05) is 55.6 Å². The zero-order valence-corrected chi connectivity index (χ0v) is 18.7. The van der Waals surface area contributed by atoms with E-state index in [0.29, 0.717) is 30.5 Å². The lowest BCUT2D eigenvalue weighted by Gasteiger charge is -2.32. The molecular formula is C24H26F3N5O2. The van der Waals surface area contributed by atoms with Crippen LogP contribution in [0.15, 0.2) is 48.5 Å². The van der Waals surface area contributed by atoms with E-state index in [2.05, 4.69) is 20.2 Å². The fourth-order valence-electron chi connectivity index (χ4n) is 4.11. The summed E-state index contributed by atoms with van der Waals surface area (Å²) in [4.78, 5) is 20.5. The highest BCUT2D eigenvalue weighted by Gasteiger charge is 2.30. The maximum Gasteiger partial charge on any atom is 0.416 e. The average molecular weight is 473 g/mol. The number of nitro benzene ring substituents is 1. The smallest absolute Gasteiger partial charge is 0.342 e. The molecule has 4 rings (SSSR count). The Morgan fingerprint density at radius 1 is 1.12 bits per heavy atom. The first-order chi connectivity index (χ1) is 16.2. The number of aromatic amines is 1. The number of nitro groups is 1. The van der Waals surface area contributed by atoms with Crippen molar-refractivity contribution in [3.05, 3.63) is 81.2 Å². The summed E-state index contributed by atoms with van der Waals surface area (Å²) in [5.74, 6) is 0.570. The largest absolute Gasteiger partial charge is 0.416 e. The average Bonchev–Trinajstić information content (AvgIpc) is 3.18. The molecular weight excluding hydrogens is 447 g/mol. The van der Waals surface area contributed by atoms with Crippen LogP contribution in [0, 0.1) is 17.0 Å². The Morgan fingerprint density at radius 2 is 1.76 bits per heavy atom. The number of benzene rings is 2. The minimum Gasteiger partial charge on any atom is -0.342 e. The molecule has 0 saturated carbocycles. The molecule has 1 aromatic heterocycles. The van der Waals surface area contributed by atoms with Crippen LogP contribution in [0.4, 0.5) is 18.9 Å². The molecule has 34 heavy (non-hydrogen) atoms. The third-order valence-electron chi connectivity index (χ3n) is 6.17. The normalized spacial score (nSPS) is 15.5. The first kappa shape index (κ1) is 23.9. The van der Waals surface area contributed by atoms with E-state index in [1.165, 1.54) is 24.3 Å². The number of alkyl halides is 3. The predicted octanol–water partition coefficient (Wildman–Crippen LogP) is 5.07. The first-order valence-electron chi connectivity index (χ1n) is 11.1. The van der Waals surface area contributed by atoms with Crippen LogP contribution < -0.4 is 5.32 Å². The molecule has 0 amide bonds. The highest BCUT2D eigenvalue weighted by Crippen LogP contribution is 2.30. The molecule has 10 heteroatoms. The Kier molecular flexibility index (Phi) is 6.99. The molecule has 1 aliphatic heterocycles. The van der Waals surface area contributed by atoms with Crippen LogP contribution in [0.25, 0.3) is 11.4 Å². The summed E-state index contributed by atoms with van der Waals surface area (Å²) >= 11 is 0. The minimum atomic E-state index is -4.36. The second-order valence-corrected chi connectivity index (χ2v) is 8.59. The van der Waals surface area contributed by atoms with Gasteiger partial charge < -0.3 is 10.3 Å². The maximum absolute atomic E-state index is 12.8. The Labute approximate surface area is 195 Å². The molecule has 0 spiro atoms. The molecule has 0 atom stereocenters. The van der Waals surface area contributed by atoms with Gasteiger partial charge in [-0.05, 0) is 37.5 Å². The van der Waals surface area contributed by atoms with Crippen molar-refractivity contribution in [1.82, 2.24) is 20.2 Å². The minimum absolute atomic E-state index is 0.0900. The third kappa shape index (κ3) is 5.81. The molecule has 0 bridgehead atoms. The molecule has 3 aromatic rings. The molecule has 0 aliphatic carbocycles. The van der Waals surface area contributed by atoms with E-state index in [4.69, 9.17) is 0 Å². The molecule has 2 N–H and O–H groups in total. The quantitative estimate of drug-likeness (QED) is 0.370. The Hall–Kier alpha value is -3.24. The molecule has 7 nitrogen and oxygen atoms in total. The summed E-state index contributed by atoms with van der Waals surface area (Å²) in [6, 6.07) is 12.0. The first-order valence-corrected chi connectivity index (χ1v) is 11.1. The number of nitrogens with zero attached hydrogens (tertiary/aromatic N) is 3. The van der Waals surface area contributed by atoms with Crippen molar-refractivity contribution in [2.24, 2.45) is 0 Å². The van der Waals surface area contributed by atoms with Gasteiger partial charge in [-0.3, -0.25) is 15.0 Å². The van der Waals surface area contributed by atoms with Gasteiger partial charge in [0.25, 0.3) is 5.69 Å². The van der Waals surface area contributed by atoms with Crippen molar-refractivity contribution >= 4 is 5.69 Å². The molecule has 0 unspecified atom stereocenters. The summed E-state index contributed by atoms with van der Waals surface area (Å²) in [7, 11) is 0. The number of hydrogen-bond acceptors (Lipinski definition) is 5. The van der Waals surface area contributed by atoms with E-state index in [1.807, 2.05) is 6.92 Å². The molecule has 0 radical (unpaired) electrons. The number of likely N-dealkylation sites (tertiary alicyclic amines) is 1. The SMILES string of the molecule is Cc1[nH]c(-c2ccc(C(F)(F)F)cc2)nc1CN1CCC(NCc2ccc([N+](=O)[O-])cc2)CC1. The number of rotatable bonds is 7. The van der Waals surface area contributed by atoms with Crippen LogP contribution in [0.2, 0.25) is 0 Å². The second kappa shape index (κ2) is 9.94. The maximum atomic E-state index is 12.8.